The molecule has 4 nitrogen and oxygen atoms in total. The van der Waals surface area contributed by atoms with Gasteiger partial charge in [-0.05, 0) is 23.1 Å². The fraction of sp³-hybridized carbons (Fsp3) is 0.231. The number of hydrogen-bond acceptors (Lipinski definition) is 2. The maximum atomic E-state index is 13.2. The Bertz CT molecular complexity index is 927. The third kappa shape index (κ3) is 6.31. The number of hydrogen-bond donors (Lipinski definition) is 1. The van der Waals surface area contributed by atoms with Crippen LogP contribution in [0.25, 0.3) is 0 Å². The van der Waals surface area contributed by atoms with Crippen LogP contribution in [0.5, 0.6) is 0 Å². The summed E-state index contributed by atoms with van der Waals surface area (Å²) < 4.78 is 0. The van der Waals surface area contributed by atoms with Crippen molar-refractivity contribution in [3.8, 4) is 0 Å². The number of carbonyl (C=O) groups excluding carboxylic acids is 2. The topological polar surface area (TPSA) is 49.4 Å². The van der Waals surface area contributed by atoms with Gasteiger partial charge in [0, 0.05) is 26.4 Å². The fourth-order valence-electron chi connectivity index (χ4n) is 3.50. The lowest BCUT2D eigenvalue weighted by Crippen LogP contribution is -2.50. The summed E-state index contributed by atoms with van der Waals surface area (Å²) in [6.45, 7) is 2.46. The minimum Gasteiger partial charge on any atom is -0.354 e. The van der Waals surface area contributed by atoms with Crippen LogP contribution in [-0.4, -0.2) is 29.3 Å². The largest absolute Gasteiger partial charge is 0.354 e. The summed E-state index contributed by atoms with van der Waals surface area (Å²) in [4.78, 5) is 27.4. The molecule has 3 aromatic carbocycles. The molecule has 0 radical (unpaired) electrons. The average Bonchev–Trinajstić information content (AvgIpc) is 2.78. The van der Waals surface area contributed by atoms with Gasteiger partial charge in [-0.1, -0.05) is 91.0 Å². The number of rotatable bonds is 9. The monoisotopic (exact) mass is 400 g/mol. The highest BCUT2D eigenvalue weighted by atomic mass is 16.2. The first-order valence-electron chi connectivity index (χ1n) is 10.3. The molecule has 0 bridgehead atoms. The Balaban J connectivity index is 1.75. The molecule has 3 aromatic rings. The van der Waals surface area contributed by atoms with Crippen LogP contribution in [0.1, 0.15) is 23.6 Å². The predicted molar refractivity (Wildman–Crippen MR) is 120 cm³/mol. The van der Waals surface area contributed by atoms with Gasteiger partial charge in [-0.15, -0.1) is 0 Å². The molecule has 0 unspecified atom stereocenters. The Labute approximate surface area is 178 Å². The summed E-state index contributed by atoms with van der Waals surface area (Å²) in [6.07, 6.45) is 1.23. The molecule has 2 amide bonds. The number of nitrogens with zero attached hydrogens (tertiary/aromatic N) is 1. The quantitative estimate of drug-likeness (QED) is 0.590. The van der Waals surface area contributed by atoms with Gasteiger partial charge in [-0.2, -0.15) is 0 Å². The Morgan fingerprint density at radius 1 is 0.767 bits per heavy atom. The van der Waals surface area contributed by atoms with Crippen molar-refractivity contribution in [2.24, 2.45) is 0 Å². The van der Waals surface area contributed by atoms with Crippen molar-refractivity contribution in [1.29, 1.82) is 0 Å². The summed E-state index contributed by atoms with van der Waals surface area (Å²) in [5, 5.41) is 3.04. The van der Waals surface area contributed by atoms with E-state index < -0.39 is 6.04 Å². The van der Waals surface area contributed by atoms with Crippen LogP contribution in [0.3, 0.4) is 0 Å². The molecule has 1 N–H and O–H groups in total. The van der Waals surface area contributed by atoms with Crippen molar-refractivity contribution in [2.75, 3.05) is 6.54 Å². The second kappa shape index (κ2) is 11.0. The van der Waals surface area contributed by atoms with Gasteiger partial charge in [0.15, 0.2) is 0 Å². The molecule has 0 aromatic heterocycles. The van der Waals surface area contributed by atoms with E-state index in [1.54, 1.807) is 4.90 Å². The number of carbonyl (C=O) groups is 2. The summed E-state index contributed by atoms with van der Waals surface area (Å²) in [7, 11) is 0. The zero-order valence-corrected chi connectivity index (χ0v) is 17.3. The molecule has 0 saturated heterocycles. The Hall–Kier alpha value is -3.40. The highest BCUT2D eigenvalue weighted by Gasteiger charge is 2.28. The minimum absolute atomic E-state index is 0.113. The van der Waals surface area contributed by atoms with Crippen molar-refractivity contribution in [3.63, 3.8) is 0 Å². The number of benzene rings is 3. The highest BCUT2D eigenvalue weighted by molar-refractivity contribution is 5.87. The van der Waals surface area contributed by atoms with Gasteiger partial charge in [0.05, 0.1) is 0 Å². The first kappa shape index (κ1) is 21.3. The van der Waals surface area contributed by atoms with Gasteiger partial charge in [0.2, 0.25) is 11.8 Å². The summed E-state index contributed by atoms with van der Waals surface area (Å²) in [5.74, 6) is -0.237. The standard InChI is InChI=1S/C26H28N2O2/c1-21(29)28(20-24-15-9-4-10-16-24)25(19-23-13-7-3-8-14-23)26(30)27-18-17-22-11-5-2-6-12-22/h2-16,25H,17-20H2,1H3,(H,27,30)/t25-/m0/s1. The van der Waals surface area contributed by atoms with Gasteiger partial charge in [-0.3, -0.25) is 9.59 Å². The van der Waals surface area contributed by atoms with E-state index in [9.17, 15) is 9.59 Å². The van der Waals surface area contributed by atoms with E-state index in [2.05, 4.69) is 5.32 Å². The molecule has 0 aliphatic carbocycles. The normalized spacial score (nSPS) is 11.5. The molecule has 0 aliphatic heterocycles. The molecule has 3 rings (SSSR count). The molecular weight excluding hydrogens is 372 g/mol. The van der Waals surface area contributed by atoms with E-state index in [1.807, 2.05) is 91.0 Å². The minimum atomic E-state index is -0.569. The van der Waals surface area contributed by atoms with E-state index in [0.29, 0.717) is 19.5 Å². The van der Waals surface area contributed by atoms with Crippen LogP contribution in [0, 0.1) is 0 Å². The first-order chi connectivity index (χ1) is 14.6. The molecular formula is C26H28N2O2. The zero-order chi connectivity index (χ0) is 21.2. The molecule has 0 heterocycles. The molecule has 154 valence electrons. The van der Waals surface area contributed by atoms with Crippen LogP contribution in [0.15, 0.2) is 91.0 Å². The second-order valence-corrected chi connectivity index (χ2v) is 7.36. The van der Waals surface area contributed by atoms with E-state index in [4.69, 9.17) is 0 Å². The highest BCUT2D eigenvalue weighted by Crippen LogP contribution is 2.14. The van der Waals surface area contributed by atoms with E-state index >= 15 is 0 Å². The van der Waals surface area contributed by atoms with Crippen LogP contribution in [-0.2, 0) is 29.0 Å². The Morgan fingerprint density at radius 3 is 1.80 bits per heavy atom. The van der Waals surface area contributed by atoms with Crippen molar-refractivity contribution in [1.82, 2.24) is 10.2 Å². The zero-order valence-electron chi connectivity index (χ0n) is 17.3. The first-order valence-corrected chi connectivity index (χ1v) is 10.3. The smallest absolute Gasteiger partial charge is 0.243 e. The van der Waals surface area contributed by atoms with Crippen LogP contribution < -0.4 is 5.32 Å². The lowest BCUT2D eigenvalue weighted by atomic mass is 10.0. The van der Waals surface area contributed by atoms with Crippen LogP contribution in [0.4, 0.5) is 0 Å². The summed E-state index contributed by atoms with van der Waals surface area (Å²) in [5.41, 5.74) is 3.20. The number of amides is 2. The Kier molecular flexibility index (Phi) is 7.78. The van der Waals surface area contributed by atoms with Gasteiger partial charge < -0.3 is 10.2 Å². The summed E-state index contributed by atoms with van der Waals surface area (Å²) in [6, 6.07) is 29.1. The van der Waals surface area contributed by atoms with Gasteiger partial charge in [0.1, 0.15) is 6.04 Å². The molecule has 0 saturated carbocycles. The lowest BCUT2D eigenvalue weighted by Gasteiger charge is -2.30. The number of nitrogens with one attached hydrogen (secondary N) is 1. The molecule has 30 heavy (non-hydrogen) atoms. The maximum Gasteiger partial charge on any atom is 0.243 e. The third-order valence-corrected chi connectivity index (χ3v) is 5.11. The van der Waals surface area contributed by atoms with E-state index in [1.165, 1.54) is 12.5 Å². The predicted octanol–water partition coefficient (Wildman–Crippen LogP) is 4.01. The SMILES string of the molecule is CC(=O)N(Cc1ccccc1)[C@@H](Cc1ccccc1)C(=O)NCCc1ccccc1. The molecule has 1 atom stereocenters. The Morgan fingerprint density at radius 2 is 1.27 bits per heavy atom. The van der Waals surface area contributed by atoms with Gasteiger partial charge >= 0.3 is 0 Å². The van der Waals surface area contributed by atoms with Crippen molar-refractivity contribution >= 4 is 11.8 Å². The van der Waals surface area contributed by atoms with Crippen molar-refractivity contribution in [2.45, 2.75) is 32.4 Å². The van der Waals surface area contributed by atoms with Crippen LogP contribution >= 0.6 is 0 Å². The van der Waals surface area contributed by atoms with Crippen molar-refractivity contribution in [3.05, 3.63) is 108 Å². The molecule has 0 spiro atoms. The fourth-order valence-corrected chi connectivity index (χ4v) is 3.50. The third-order valence-electron chi connectivity index (χ3n) is 5.11. The average molecular weight is 401 g/mol. The van der Waals surface area contributed by atoms with Gasteiger partial charge in [0.25, 0.3) is 0 Å². The second-order valence-electron chi connectivity index (χ2n) is 7.36. The van der Waals surface area contributed by atoms with Gasteiger partial charge in [-0.25, -0.2) is 0 Å². The molecule has 0 fully saturated rings. The molecule has 0 aliphatic rings. The van der Waals surface area contributed by atoms with Crippen molar-refractivity contribution < 1.29 is 9.59 Å². The summed E-state index contributed by atoms with van der Waals surface area (Å²) >= 11 is 0. The molecule has 4 heteroatoms. The maximum absolute atomic E-state index is 13.2. The van der Waals surface area contributed by atoms with E-state index in [-0.39, 0.29) is 11.8 Å². The van der Waals surface area contributed by atoms with Crippen LogP contribution in [0.2, 0.25) is 0 Å². The van der Waals surface area contributed by atoms with E-state index in [0.717, 1.165) is 17.5 Å². The lowest BCUT2D eigenvalue weighted by molar-refractivity contribution is -0.139.